The van der Waals surface area contributed by atoms with Crippen molar-refractivity contribution >= 4 is 19.2 Å². The molecule has 1 aliphatic rings. The zero-order chi connectivity index (χ0) is 18.6. The molecular formula is C22H25O3P. The first-order valence-corrected chi connectivity index (χ1v) is 10.6. The van der Waals surface area contributed by atoms with Gasteiger partial charge in [-0.2, -0.15) is 0 Å². The van der Waals surface area contributed by atoms with E-state index < -0.39 is 7.60 Å². The molecule has 0 fully saturated rings. The van der Waals surface area contributed by atoms with Gasteiger partial charge in [0.15, 0.2) is 0 Å². The van der Waals surface area contributed by atoms with Crippen LogP contribution < -0.4 is 0 Å². The van der Waals surface area contributed by atoms with Crippen LogP contribution >= 0.6 is 7.60 Å². The molecule has 2 aromatic carbocycles. The summed E-state index contributed by atoms with van der Waals surface area (Å²) >= 11 is 0. The number of hydrogen-bond donors (Lipinski definition) is 0. The van der Waals surface area contributed by atoms with Gasteiger partial charge in [-0.1, -0.05) is 60.2 Å². The molecular weight excluding hydrogens is 343 g/mol. The van der Waals surface area contributed by atoms with E-state index in [0.717, 1.165) is 23.1 Å². The summed E-state index contributed by atoms with van der Waals surface area (Å²) in [6.45, 7) is 6.44. The van der Waals surface area contributed by atoms with Crippen molar-refractivity contribution in [3.63, 3.8) is 0 Å². The first-order chi connectivity index (χ1) is 12.6. The largest absolute Gasteiger partial charge is 0.361 e. The predicted molar refractivity (Wildman–Crippen MR) is 108 cm³/mol. The van der Waals surface area contributed by atoms with Gasteiger partial charge in [0, 0.05) is 0 Å². The molecule has 1 aliphatic carbocycles. The molecule has 26 heavy (non-hydrogen) atoms. The predicted octanol–water partition coefficient (Wildman–Crippen LogP) is 6.32. The molecule has 0 spiro atoms. The van der Waals surface area contributed by atoms with Crippen LogP contribution in [0.4, 0.5) is 0 Å². The maximum atomic E-state index is 13.7. The topological polar surface area (TPSA) is 35.5 Å². The van der Waals surface area contributed by atoms with Gasteiger partial charge in [0.2, 0.25) is 0 Å². The molecule has 0 bridgehead atoms. The summed E-state index contributed by atoms with van der Waals surface area (Å²) in [5, 5.41) is 0.648. The Kier molecular flexibility index (Phi) is 5.93. The summed E-state index contributed by atoms with van der Waals surface area (Å²) in [4.78, 5) is 0. The van der Waals surface area contributed by atoms with Gasteiger partial charge in [-0.05, 0) is 55.5 Å². The van der Waals surface area contributed by atoms with Crippen LogP contribution in [-0.4, -0.2) is 13.2 Å². The standard InChI is InChI=1S/C22H25O3P/c1-4-24-26(23,25-5-2)21(16-18-11-7-6-8-12-18)22-17(3)15-19-13-9-10-14-20(19)22/h6-14,16H,4-5,15H2,1-3H3/b21-16+. The molecule has 0 saturated carbocycles. The Morgan fingerprint density at radius 1 is 1.00 bits per heavy atom. The number of allylic oxidation sites excluding steroid dienone is 3. The third kappa shape index (κ3) is 3.76. The molecule has 0 aliphatic heterocycles. The average Bonchev–Trinajstić information content (AvgIpc) is 2.96. The van der Waals surface area contributed by atoms with E-state index in [1.807, 2.05) is 62.4 Å². The fourth-order valence-electron chi connectivity index (χ4n) is 3.39. The number of rotatable bonds is 7. The van der Waals surface area contributed by atoms with Crippen molar-refractivity contribution in [2.45, 2.75) is 27.2 Å². The van der Waals surface area contributed by atoms with Gasteiger partial charge in [0.1, 0.15) is 0 Å². The minimum absolute atomic E-state index is 0.331. The van der Waals surface area contributed by atoms with Gasteiger partial charge >= 0.3 is 7.60 Å². The second-order valence-corrected chi connectivity index (χ2v) is 8.26. The van der Waals surface area contributed by atoms with Crippen LogP contribution in [0.2, 0.25) is 0 Å². The summed E-state index contributed by atoms with van der Waals surface area (Å²) in [6, 6.07) is 18.2. The van der Waals surface area contributed by atoms with Crippen LogP contribution in [0.5, 0.6) is 0 Å². The Morgan fingerprint density at radius 3 is 2.27 bits per heavy atom. The van der Waals surface area contributed by atoms with Crippen molar-refractivity contribution < 1.29 is 13.6 Å². The molecule has 4 heteroatoms. The van der Waals surface area contributed by atoms with Gasteiger partial charge < -0.3 is 9.05 Å². The highest BCUT2D eigenvalue weighted by atomic mass is 31.2. The highest BCUT2D eigenvalue weighted by Gasteiger charge is 2.36. The average molecular weight is 368 g/mol. The molecule has 3 rings (SSSR count). The lowest BCUT2D eigenvalue weighted by Crippen LogP contribution is -2.01. The number of hydrogen-bond acceptors (Lipinski definition) is 3. The molecule has 0 atom stereocenters. The zero-order valence-electron chi connectivity index (χ0n) is 15.6. The lowest BCUT2D eigenvalue weighted by Gasteiger charge is -2.22. The molecule has 136 valence electrons. The fourth-order valence-corrected chi connectivity index (χ4v) is 5.32. The van der Waals surface area contributed by atoms with Crippen LogP contribution in [0.25, 0.3) is 11.6 Å². The monoisotopic (exact) mass is 368 g/mol. The van der Waals surface area contributed by atoms with E-state index in [1.54, 1.807) is 0 Å². The zero-order valence-corrected chi connectivity index (χ0v) is 16.5. The van der Waals surface area contributed by atoms with Gasteiger partial charge in [0.05, 0.1) is 18.5 Å². The Balaban J connectivity index is 2.21. The summed E-state index contributed by atoms with van der Waals surface area (Å²) in [5.41, 5.74) is 5.53. The summed E-state index contributed by atoms with van der Waals surface area (Å²) < 4.78 is 25.1. The molecule has 0 amide bonds. The fraction of sp³-hybridized carbons (Fsp3) is 0.273. The van der Waals surface area contributed by atoms with Crippen LogP contribution in [0.3, 0.4) is 0 Å². The van der Waals surface area contributed by atoms with Gasteiger partial charge in [0.25, 0.3) is 0 Å². The smallest absolute Gasteiger partial charge is 0.305 e. The van der Waals surface area contributed by atoms with Crippen molar-refractivity contribution in [3.05, 3.63) is 82.2 Å². The summed E-state index contributed by atoms with van der Waals surface area (Å²) in [6.07, 6.45) is 2.81. The molecule has 0 radical (unpaired) electrons. The van der Waals surface area contributed by atoms with E-state index in [9.17, 15) is 4.57 Å². The minimum atomic E-state index is -3.43. The van der Waals surface area contributed by atoms with Crippen molar-refractivity contribution in [2.75, 3.05) is 13.2 Å². The van der Waals surface area contributed by atoms with E-state index in [2.05, 4.69) is 19.1 Å². The van der Waals surface area contributed by atoms with E-state index in [1.165, 1.54) is 11.1 Å². The van der Waals surface area contributed by atoms with Gasteiger partial charge in [-0.3, -0.25) is 4.57 Å². The maximum absolute atomic E-state index is 13.7. The molecule has 0 unspecified atom stereocenters. The van der Waals surface area contributed by atoms with Crippen molar-refractivity contribution in [3.8, 4) is 0 Å². The molecule has 0 heterocycles. The van der Waals surface area contributed by atoms with Crippen LogP contribution in [0.15, 0.2) is 65.5 Å². The van der Waals surface area contributed by atoms with E-state index in [4.69, 9.17) is 9.05 Å². The quantitative estimate of drug-likeness (QED) is 0.536. The molecule has 2 aromatic rings. The van der Waals surface area contributed by atoms with Gasteiger partial charge in [-0.15, -0.1) is 0 Å². The highest BCUT2D eigenvalue weighted by Crippen LogP contribution is 2.62. The Bertz CT molecular complexity index is 871. The first kappa shape index (κ1) is 18.8. The normalized spacial score (nSPS) is 14.7. The Morgan fingerprint density at radius 2 is 1.62 bits per heavy atom. The molecule has 0 N–H and O–H groups in total. The third-order valence-electron chi connectivity index (χ3n) is 4.42. The highest BCUT2D eigenvalue weighted by molar-refractivity contribution is 7.59. The summed E-state index contributed by atoms with van der Waals surface area (Å²) in [5.74, 6) is 0. The second-order valence-electron chi connectivity index (χ2n) is 6.26. The van der Waals surface area contributed by atoms with Crippen molar-refractivity contribution in [1.29, 1.82) is 0 Å². The lowest BCUT2D eigenvalue weighted by molar-refractivity contribution is 0.227. The van der Waals surface area contributed by atoms with Crippen LogP contribution in [0.1, 0.15) is 37.5 Å². The minimum Gasteiger partial charge on any atom is -0.305 e. The van der Waals surface area contributed by atoms with E-state index in [-0.39, 0.29) is 0 Å². The SMILES string of the molecule is CCOP(=O)(OCC)/C(=C/c1ccccc1)C1=C(C)Cc2ccccc21. The van der Waals surface area contributed by atoms with Crippen LogP contribution in [-0.2, 0) is 20.0 Å². The van der Waals surface area contributed by atoms with Crippen molar-refractivity contribution in [2.24, 2.45) is 0 Å². The summed E-state index contributed by atoms with van der Waals surface area (Å²) in [7, 11) is -3.43. The van der Waals surface area contributed by atoms with E-state index >= 15 is 0 Å². The Hall–Kier alpha value is -1.93. The third-order valence-corrected chi connectivity index (χ3v) is 6.56. The molecule has 0 aromatic heterocycles. The number of fused-ring (bicyclic) bond motifs is 1. The Labute approximate surface area is 155 Å². The number of benzene rings is 2. The first-order valence-electron chi connectivity index (χ1n) is 9.04. The van der Waals surface area contributed by atoms with Gasteiger partial charge in [-0.25, -0.2) is 0 Å². The van der Waals surface area contributed by atoms with E-state index in [0.29, 0.717) is 18.5 Å². The molecule has 3 nitrogen and oxygen atoms in total. The lowest BCUT2D eigenvalue weighted by atomic mass is 10.0. The molecule has 0 saturated heterocycles. The second kappa shape index (κ2) is 8.18. The maximum Gasteiger partial charge on any atom is 0.361 e. The van der Waals surface area contributed by atoms with Crippen molar-refractivity contribution in [1.82, 2.24) is 0 Å². The van der Waals surface area contributed by atoms with Crippen LogP contribution in [0, 0.1) is 0 Å².